The summed E-state index contributed by atoms with van der Waals surface area (Å²) in [6.45, 7) is 1.92. The van der Waals surface area contributed by atoms with E-state index in [4.69, 9.17) is 21.8 Å². The zero-order valence-electron chi connectivity index (χ0n) is 11.8. The Morgan fingerprint density at radius 3 is 2.52 bits per heavy atom. The maximum Gasteiger partial charge on any atom is 0.276 e. The molecule has 0 fully saturated rings. The number of furan rings is 1. The maximum atomic E-state index is 12.5. The highest BCUT2D eigenvalue weighted by Gasteiger charge is 2.29. The Morgan fingerprint density at radius 2 is 1.95 bits per heavy atom. The fourth-order valence-corrected chi connectivity index (χ4v) is 3.53. The number of nitrogens with zero attached hydrogens (tertiary/aromatic N) is 1. The van der Waals surface area contributed by atoms with Crippen molar-refractivity contribution in [1.29, 1.82) is 0 Å². The van der Waals surface area contributed by atoms with Gasteiger partial charge in [0.05, 0.1) is 6.54 Å². The standard InChI is InChI=1S/C14H17ClN2O3S/c1-10(12-5-3-4-6-13(12)15)17(2)21(18,19)14-8-7-11(9-16)20-14/h3-8,10H,9,16H2,1-2H3. The normalized spacial score (nSPS) is 13.6. The van der Waals surface area contributed by atoms with Gasteiger partial charge in [-0.05, 0) is 30.7 Å². The zero-order chi connectivity index (χ0) is 15.6. The van der Waals surface area contributed by atoms with Gasteiger partial charge in [0.1, 0.15) is 5.76 Å². The van der Waals surface area contributed by atoms with E-state index in [0.29, 0.717) is 10.8 Å². The minimum atomic E-state index is -3.74. The van der Waals surface area contributed by atoms with Crippen molar-refractivity contribution < 1.29 is 12.8 Å². The minimum absolute atomic E-state index is 0.121. The maximum absolute atomic E-state index is 12.5. The van der Waals surface area contributed by atoms with Crippen LogP contribution in [0.4, 0.5) is 0 Å². The van der Waals surface area contributed by atoms with E-state index in [2.05, 4.69) is 0 Å². The van der Waals surface area contributed by atoms with Gasteiger partial charge in [-0.25, -0.2) is 8.42 Å². The average molecular weight is 329 g/mol. The Labute approximate surface area is 129 Å². The van der Waals surface area contributed by atoms with Crippen LogP contribution in [0.2, 0.25) is 5.02 Å². The molecule has 1 heterocycles. The van der Waals surface area contributed by atoms with Gasteiger partial charge < -0.3 is 10.2 Å². The SMILES string of the molecule is CC(c1ccccc1Cl)N(C)S(=O)(=O)c1ccc(CN)o1. The number of halogens is 1. The highest BCUT2D eigenvalue weighted by Crippen LogP contribution is 2.30. The Hall–Kier alpha value is -1.34. The van der Waals surface area contributed by atoms with Crippen LogP contribution in [0, 0.1) is 0 Å². The van der Waals surface area contributed by atoms with Crippen LogP contribution in [-0.4, -0.2) is 19.8 Å². The Morgan fingerprint density at radius 1 is 1.29 bits per heavy atom. The van der Waals surface area contributed by atoms with Crippen LogP contribution in [0.15, 0.2) is 45.9 Å². The van der Waals surface area contributed by atoms with E-state index in [1.807, 2.05) is 6.07 Å². The molecular formula is C14H17ClN2O3S. The summed E-state index contributed by atoms with van der Waals surface area (Å²) in [5.74, 6) is 0.423. The molecule has 114 valence electrons. The van der Waals surface area contributed by atoms with Crippen molar-refractivity contribution >= 4 is 21.6 Å². The Balaban J connectivity index is 2.34. The zero-order valence-corrected chi connectivity index (χ0v) is 13.4. The summed E-state index contributed by atoms with van der Waals surface area (Å²) in [5, 5.41) is 0.401. The lowest BCUT2D eigenvalue weighted by molar-refractivity contribution is 0.360. The van der Waals surface area contributed by atoms with Crippen molar-refractivity contribution in [2.45, 2.75) is 24.6 Å². The summed E-state index contributed by atoms with van der Waals surface area (Å²) in [6.07, 6.45) is 0. The molecule has 0 bridgehead atoms. The van der Waals surface area contributed by atoms with Crippen LogP contribution in [0.3, 0.4) is 0 Å². The molecule has 1 aromatic carbocycles. The molecule has 0 aliphatic rings. The quantitative estimate of drug-likeness (QED) is 0.915. The number of hydrogen-bond acceptors (Lipinski definition) is 4. The molecule has 1 aromatic heterocycles. The van der Waals surface area contributed by atoms with E-state index in [1.165, 1.54) is 17.4 Å². The van der Waals surface area contributed by atoms with Gasteiger partial charge in [0.25, 0.3) is 10.0 Å². The second kappa shape index (κ2) is 6.19. The Bertz CT molecular complexity index is 727. The second-order valence-electron chi connectivity index (χ2n) is 4.64. The molecule has 1 unspecified atom stereocenters. The predicted molar refractivity (Wildman–Crippen MR) is 81.4 cm³/mol. The summed E-state index contributed by atoms with van der Waals surface area (Å²) >= 11 is 6.12. The van der Waals surface area contributed by atoms with Crippen molar-refractivity contribution in [3.05, 3.63) is 52.7 Å². The number of hydrogen-bond donors (Lipinski definition) is 1. The van der Waals surface area contributed by atoms with Crippen LogP contribution >= 0.6 is 11.6 Å². The predicted octanol–water partition coefficient (Wildman–Crippen LogP) is 2.77. The third-order valence-corrected chi connectivity index (χ3v) is 5.52. The van der Waals surface area contributed by atoms with Crippen molar-refractivity contribution in [2.75, 3.05) is 7.05 Å². The number of sulfonamides is 1. The molecule has 0 aliphatic heterocycles. The number of benzene rings is 1. The average Bonchev–Trinajstić information content (AvgIpc) is 2.96. The van der Waals surface area contributed by atoms with Gasteiger partial charge in [-0.3, -0.25) is 0 Å². The van der Waals surface area contributed by atoms with Crippen molar-refractivity contribution in [2.24, 2.45) is 5.73 Å². The second-order valence-corrected chi connectivity index (χ2v) is 6.98. The van der Waals surface area contributed by atoms with Crippen molar-refractivity contribution in [3.63, 3.8) is 0 Å². The van der Waals surface area contributed by atoms with Crippen LogP contribution in [0.5, 0.6) is 0 Å². The van der Waals surface area contributed by atoms with Crippen LogP contribution in [0.25, 0.3) is 0 Å². The summed E-state index contributed by atoms with van der Waals surface area (Å²) in [4.78, 5) is 0. The molecule has 21 heavy (non-hydrogen) atoms. The highest BCUT2D eigenvalue weighted by molar-refractivity contribution is 7.89. The van der Waals surface area contributed by atoms with Gasteiger partial charge >= 0.3 is 0 Å². The summed E-state index contributed by atoms with van der Waals surface area (Å²) in [6, 6.07) is 9.69. The summed E-state index contributed by atoms with van der Waals surface area (Å²) < 4.78 is 31.5. The van der Waals surface area contributed by atoms with Crippen LogP contribution < -0.4 is 5.73 Å². The van der Waals surface area contributed by atoms with Gasteiger partial charge in [0, 0.05) is 18.1 Å². The molecule has 0 saturated carbocycles. The van der Waals surface area contributed by atoms with Crippen molar-refractivity contribution in [1.82, 2.24) is 4.31 Å². The lowest BCUT2D eigenvalue weighted by Gasteiger charge is -2.24. The van der Waals surface area contributed by atoms with Crippen molar-refractivity contribution in [3.8, 4) is 0 Å². The molecular weight excluding hydrogens is 312 g/mol. The van der Waals surface area contributed by atoms with E-state index in [0.717, 1.165) is 5.56 Å². The number of rotatable bonds is 5. The smallest absolute Gasteiger partial charge is 0.276 e. The van der Waals surface area contributed by atoms with Crippen LogP contribution in [-0.2, 0) is 16.6 Å². The molecule has 0 amide bonds. The molecule has 2 aromatic rings. The topological polar surface area (TPSA) is 76.5 Å². The van der Waals surface area contributed by atoms with E-state index >= 15 is 0 Å². The molecule has 2 N–H and O–H groups in total. The molecule has 0 aliphatic carbocycles. The summed E-state index contributed by atoms with van der Waals surface area (Å²) in [5.41, 5.74) is 6.17. The molecule has 1 atom stereocenters. The van der Waals surface area contributed by atoms with E-state index in [1.54, 1.807) is 31.2 Å². The van der Waals surface area contributed by atoms with E-state index in [9.17, 15) is 8.42 Å². The van der Waals surface area contributed by atoms with Gasteiger partial charge in [0.15, 0.2) is 0 Å². The Kier molecular flexibility index (Phi) is 4.73. The first-order valence-corrected chi connectivity index (χ1v) is 8.21. The first-order valence-electron chi connectivity index (χ1n) is 6.39. The lowest BCUT2D eigenvalue weighted by atomic mass is 10.1. The molecule has 5 nitrogen and oxygen atoms in total. The minimum Gasteiger partial charge on any atom is -0.447 e. The number of nitrogens with two attached hydrogens (primary N) is 1. The molecule has 0 spiro atoms. The third-order valence-electron chi connectivity index (χ3n) is 3.37. The molecule has 0 radical (unpaired) electrons. The van der Waals surface area contributed by atoms with Gasteiger partial charge in [-0.1, -0.05) is 29.8 Å². The monoisotopic (exact) mass is 328 g/mol. The van der Waals surface area contributed by atoms with Gasteiger partial charge in [0.2, 0.25) is 5.09 Å². The fraction of sp³-hybridized carbons (Fsp3) is 0.286. The fourth-order valence-electron chi connectivity index (χ4n) is 1.97. The molecule has 0 saturated heterocycles. The van der Waals surface area contributed by atoms with Gasteiger partial charge in [-0.15, -0.1) is 0 Å². The first-order chi connectivity index (χ1) is 9.87. The lowest BCUT2D eigenvalue weighted by Crippen LogP contribution is -2.29. The third kappa shape index (κ3) is 3.13. The van der Waals surface area contributed by atoms with E-state index in [-0.39, 0.29) is 11.6 Å². The summed E-state index contributed by atoms with van der Waals surface area (Å²) in [7, 11) is -2.25. The first kappa shape index (κ1) is 16.0. The highest BCUT2D eigenvalue weighted by atomic mass is 35.5. The largest absolute Gasteiger partial charge is 0.447 e. The van der Waals surface area contributed by atoms with Gasteiger partial charge in [-0.2, -0.15) is 4.31 Å². The molecule has 2 rings (SSSR count). The van der Waals surface area contributed by atoms with E-state index < -0.39 is 16.1 Å². The van der Waals surface area contributed by atoms with Crippen LogP contribution in [0.1, 0.15) is 24.3 Å². The molecule has 7 heteroatoms.